The van der Waals surface area contributed by atoms with Crippen LogP contribution in [-0.4, -0.2) is 36.6 Å². The average Bonchev–Trinajstić information content (AvgIpc) is 3.09. The van der Waals surface area contributed by atoms with E-state index in [0.717, 1.165) is 42.6 Å². The second kappa shape index (κ2) is 4.70. The summed E-state index contributed by atoms with van der Waals surface area (Å²) in [6, 6.07) is 8.41. The van der Waals surface area contributed by atoms with E-state index < -0.39 is 5.91 Å². The topological polar surface area (TPSA) is 71.2 Å². The molecule has 5 heteroatoms. The molecule has 2 fully saturated rings. The van der Waals surface area contributed by atoms with Crippen molar-refractivity contribution in [3.63, 3.8) is 0 Å². The van der Waals surface area contributed by atoms with Gasteiger partial charge in [0.05, 0.1) is 16.8 Å². The summed E-state index contributed by atoms with van der Waals surface area (Å²) in [5.41, 5.74) is 7.99. The molecule has 3 heterocycles. The number of nitrogens with one attached hydrogen (secondary N) is 1. The summed E-state index contributed by atoms with van der Waals surface area (Å²) in [6.07, 6.45) is 2.78. The van der Waals surface area contributed by atoms with Gasteiger partial charge in [-0.3, -0.25) is 9.78 Å². The summed E-state index contributed by atoms with van der Waals surface area (Å²) < 4.78 is 0. The Labute approximate surface area is 123 Å². The lowest BCUT2D eigenvalue weighted by Crippen LogP contribution is -2.35. The fourth-order valence-corrected chi connectivity index (χ4v) is 3.74. The molecule has 1 amide bonds. The summed E-state index contributed by atoms with van der Waals surface area (Å²) in [5, 5.41) is 4.46. The number of pyridine rings is 1. The van der Waals surface area contributed by atoms with Crippen molar-refractivity contribution >= 4 is 22.5 Å². The lowest BCUT2D eigenvalue weighted by atomic mass is 10.0. The molecule has 21 heavy (non-hydrogen) atoms. The van der Waals surface area contributed by atoms with E-state index >= 15 is 0 Å². The van der Waals surface area contributed by atoms with Crippen molar-refractivity contribution in [1.82, 2.24) is 10.3 Å². The van der Waals surface area contributed by atoms with Gasteiger partial charge in [-0.2, -0.15) is 0 Å². The number of carbonyl (C=O) groups is 1. The zero-order chi connectivity index (χ0) is 14.4. The number of hydrogen-bond acceptors (Lipinski definition) is 4. The van der Waals surface area contributed by atoms with Crippen LogP contribution in [-0.2, 0) is 0 Å². The van der Waals surface area contributed by atoms with Crippen LogP contribution < -0.4 is 16.0 Å². The van der Waals surface area contributed by atoms with E-state index in [1.807, 2.05) is 24.3 Å². The molecule has 0 unspecified atom stereocenters. The van der Waals surface area contributed by atoms with Gasteiger partial charge < -0.3 is 16.0 Å². The van der Waals surface area contributed by atoms with Gasteiger partial charge in [0.1, 0.15) is 0 Å². The number of nitrogens with zero attached hydrogens (tertiary/aromatic N) is 2. The standard InChI is InChI=1S/C16H18N4O/c17-16(21)12-8-19-13-4-2-1-3-11(13)15(12)20-6-5-10-7-18-9-14(10)20/h1-4,8,10,14,18H,5-7,9H2,(H2,17,21)/t10-,14+/m0/s1. The number of amides is 1. The van der Waals surface area contributed by atoms with Gasteiger partial charge in [0, 0.05) is 37.3 Å². The number of hydrogen-bond donors (Lipinski definition) is 2. The van der Waals surface area contributed by atoms with Crippen molar-refractivity contribution in [3.8, 4) is 0 Å². The number of carbonyl (C=O) groups excluding carboxylic acids is 1. The first-order valence-electron chi connectivity index (χ1n) is 7.40. The third-order valence-corrected chi connectivity index (χ3v) is 4.74. The largest absolute Gasteiger partial charge is 0.366 e. The predicted octanol–water partition coefficient (Wildman–Crippen LogP) is 1.13. The molecule has 0 spiro atoms. The van der Waals surface area contributed by atoms with Gasteiger partial charge in [-0.05, 0) is 18.4 Å². The molecule has 2 aliphatic heterocycles. The summed E-state index contributed by atoms with van der Waals surface area (Å²) >= 11 is 0. The highest BCUT2D eigenvalue weighted by molar-refractivity contribution is 6.06. The molecule has 0 saturated carbocycles. The summed E-state index contributed by atoms with van der Waals surface area (Å²) in [6.45, 7) is 3.01. The SMILES string of the molecule is NC(=O)c1cnc2ccccc2c1N1CC[C@H]2CNC[C@H]21. The molecule has 2 saturated heterocycles. The van der Waals surface area contributed by atoms with E-state index in [2.05, 4.69) is 15.2 Å². The van der Waals surface area contributed by atoms with Gasteiger partial charge in [-0.1, -0.05) is 18.2 Å². The fourth-order valence-electron chi connectivity index (χ4n) is 3.74. The molecule has 2 aliphatic rings. The van der Waals surface area contributed by atoms with Crippen LogP contribution in [0.2, 0.25) is 0 Å². The van der Waals surface area contributed by atoms with E-state index in [1.165, 1.54) is 0 Å². The summed E-state index contributed by atoms with van der Waals surface area (Å²) in [5.74, 6) is 0.260. The molecule has 1 aromatic carbocycles. The Kier molecular flexibility index (Phi) is 2.82. The highest BCUT2D eigenvalue weighted by Gasteiger charge is 2.39. The van der Waals surface area contributed by atoms with Crippen LogP contribution in [0.25, 0.3) is 10.9 Å². The molecule has 0 aliphatic carbocycles. The third kappa shape index (κ3) is 1.88. The smallest absolute Gasteiger partial charge is 0.252 e. The predicted molar refractivity (Wildman–Crippen MR) is 82.4 cm³/mol. The lowest BCUT2D eigenvalue weighted by Gasteiger charge is -2.28. The minimum atomic E-state index is -0.405. The van der Waals surface area contributed by atoms with E-state index in [1.54, 1.807) is 6.20 Å². The third-order valence-electron chi connectivity index (χ3n) is 4.74. The Morgan fingerprint density at radius 1 is 1.33 bits per heavy atom. The molecular weight excluding hydrogens is 264 g/mol. The first kappa shape index (κ1) is 12.6. The summed E-state index contributed by atoms with van der Waals surface area (Å²) in [7, 11) is 0. The average molecular weight is 282 g/mol. The maximum Gasteiger partial charge on any atom is 0.252 e. The van der Waals surface area contributed by atoms with Crippen molar-refractivity contribution in [2.24, 2.45) is 11.7 Å². The minimum absolute atomic E-state index is 0.405. The number of fused-ring (bicyclic) bond motifs is 2. The highest BCUT2D eigenvalue weighted by Crippen LogP contribution is 2.37. The Morgan fingerprint density at radius 2 is 2.19 bits per heavy atom. The Morgan fingerprint density at radius 3 is 3.05 bits per heavy atom. The van der Waals surface area contributed by atoms with Gasteiger partial charge in [-0.15, -0.1) is 0 Å². The van der Waals surface area contributed by atoms with Gasteiger partial charge >= 0.3 is 0 Å². The number of primary amides is 1. The van der Waals surface area contributed by atoms with Crippen LogP contribution in [0, 0.1) is 5.92 Å². The molecule has 0 bridgehead atoms. The molecule has 2 aromatic rings. The van der Waals surface area contributed by atoms with Crippen molar-refractivity contribution in [1.29, 1.82) is 0 Å². The van der Waals surface area contributed by atoms with Crippen molar-refractivity contribution in [2.75, 3.05) is 24.5 Å². The van der Waals surface area contributed by atoms with Crippen LogP contribution in [0.3, 0.4) is 0 Å². The van der Waals surface area contributed by atoms with E-state index in [-0.39, 0.29) is 0 Å². The Balaban J connectivity index is 1.93. The monoisotopic (exact) mass is 282 g/mol. The van der Waals surface area contributed by atoms with Crippen LogP contribution in [0.15, 0.2) is 30.5 Å². The molecule has 3 N–H and O–H groups in total. The van der Waals surface area contributed by atoms with Crippen LogP contribution in [0.5, 0.6) is 0 Å². The number of para-hydroxylation sites is 1. The van der Waals surface area contributed by atoms with Crippen LogP contribution in [0.1, 0.15) is 16.8 Å². The van der Waals surface area contributed by atoms with E-state index in [0.29, 0.717) is 17.5 Å². The lowest BCUT2D eigenvalue weighted by molar-refractivity contribution is 0.100. The molecule has 5 nitrogen and oxygen atoms in total. The van der Waals surface area contributed by atoms with Gasteiger partial charge in [0.25, 0.3) is 5.91 Å². The molecule has 0 radical (unpaired) electrons. The quantitative estimate of drug-likeness (QED) is 0.866. The number of rotatable bonds is 2. The molecular formula is C16H18N4O. The Bertz CT molecular complexity index is 714. The van der Waals surface area contributed by atoms with Gasteiger partial charge in [0.2, 0.25) is 0 Å². The molecule has 4 rings (SSSR count). The highest BCUT2D eigenvalue weighted by atomic mass is 16.1. The van der Waals surface area contributed by atoms with Crippen LogP contribution >= 0.6 is 0 Å². The van der Waals surface area contributed by atoms with Gasteiger partial charge in [-0.25, -0.2) is 0 Å². The van der Waals surface area contributed by atoms with E-state index in [4.69, 9.17) is 5.73 Å². The molecule has 1 aromatic heterocycles. The normalized spacial score (nSPS) is 24.5. The zero-order valence-electron chi connectivity index (χ0n) is 11.7. The molecule has 2 atom stereocenters. The maximum absolute atomic E-state index is 11.9. The number of benzene rings is 1. The number of anilines is 1. The van der Waals surface area contributed by atoms with Crippen molar-refractivity contribution in [2.45, 2.75) is 12.5 Å². The van der Waals surface area contributed by atoms with E-state index in [9.17, 15) is 4.79 Å². The zero-order valence-corrected chi connectivity index (χ0v) is 11.7. The first-order chi connectivity index (χ1) is 10.3. The number of nitrogens with two attached hydrogens (primary N) is 1. The second-order valence-corrected chi connectivity index (χ2v) is 5.87. The second-order valence-electron chi connectivity index (χ2n) is 5.87. The van der Waals surface area contributed by atoms with Crippen molar-refractivity contribution in [3.05, 3.63) is 36.0 Å². The Hall–Kier alpha value is -2.14. The van der Waals surface area contributed by atoms with Crippen LogP contribution in [0.4, 0.5) is 5.69 Å². The van der Waals surface area contributed by atoms with Crippen molar-refractivity contribution < 1.29 is 4.79 Å². The first-order valence-corrected chi connectivity index (χ1v) is 7.40. The summed E-state index contributed by atoms with van der Waals surface area (Å²) in [4.78, 5) is 18.6. The number of aromatic nitrogens is 1. The minimum Gasteiger partial charge on any atom is -0.366 e. The fraction of sp³-hybridized carbons (Fsp3) is 0.375. The maximum atomic E-state index is 11.9. The molecule has 108 valence electrons. The van der Waals surface area contributed by atoms with Gasteiger partial charge in [0.15, 0.2) is 0 Å².